The van der Waals surface area contributed by atoms with E-state index in [-0.39, 0.29) is 5.75 Å². The van der Waals surface area contributed by atoms with E-state index in [2.05, 4.69) is 0 Å². The highest BCUT2D eigenvalue weighted by Crippen LogP contribution is 2.34. The lowest BCUT2D eigenvalue weighted by atomic mass is 9.90. The lowest BCUT2D eigenvalue weighted by Gasteiger charge is -2.19. The van der Waals surface area contributed by atoms with E-state index in [4.69, 9.17) is 5.11 Å². The minimum atomic E-state index is -0.874. The minimum absolute atomic E-state index is 0.165. The van der Waals surface area contributed by atoms with Crippen LogP contribution in [0.4, 0.5) is 4.39 Å². The molecular weight excluding hydrogens is 155 g/mol. The molecule has 12 heavy (non-hydrogen) atoms. The summed E-state index contributed by atoms with van der Waals surface area (Å²) >= 11 is 0. The number of phenolic OH excluding ortho intramolecular Hbond substituents is 1. The highest BCUT2D eigenvalue weighted by atomic mass is 19.1. The van der Waals surface area contributed by atoms with Crippen molar-refractivity contribution in [3.63, 3.8) is 0 Å². The Bertz CT molecular complexity index is 296. The van der Waals surface area contributed by atoms with Gasteiger partial charge in [0, 0.05) is 0 Å². The second kappa shape index (κ2) is 2.77. The summed E-state index contributed by atoms with van der Waals surface area (Å²) in [6.45, 7) is 0. The molecule has 1 aromatic rings. The zero-order chi connectivity index (χ0) is 8.55. The molecule has 2 rings (SSSR count). The largest absolute Gasteiger partial charge is 0.508 e. The first kappa shape index (κ1) is 7.59. The molecular formula is C10H11FO. The molecule has 0 aromatic heterocycles. The molecule has 1 atom stereocenters. The lowest BCUT2D eigenvalue weighted by Crippen LogP contribution is -2.05. The van der Waals surface area contributed by atoms with Crippen LogP contribution in [-0.2, 0) is 6.42 Å². The van der Waals surface area contributed by atoms with E-state index in [9.17, 15) is 4.39 Å². The fourth-order valence-electron chi connectivity index (χ4n) is 1.73. The van der Waals surface area contributed by atoms with Crippen molar-refractivity contribution in [3.05, 3.63) is 29.3 Å². The predicted molar refractivity (Wildman–Crippen MR) is 44.9 cm³/mol. The van der Waals surface area contributed by atoms with Crippen molar-refractivity contribution < 1.29 is 9.50 Å². The number of hydrogen-bond acceptors (Lipinski definition) is 1. The Labute approximate surface area is 70.8 Å². The molecule has 0 spiro atoms. The molecule has 1 N–H and O–H groups in total. The van der Waals surface area contributed by atoms with Crippen LogP contribution >= 0.6 is 0 Å². The topological polar surface area (TPSA) is 20.2 Å². The molecule has 0 saturated carbocycles. The Hall–Kier alpha value is -1.05. The summed E-state index contributed by atoms with van der Waals surface area (Å²) in [5.41, 5.74) is 1.73. The second-order valence-electron chi connectivity index (χ2n) is 3.24. The van der Waals surface area contributed by atoms with Crippen LogP contribution in [0.15, 0.2) is 18.2 Å². The normalized spacial score (nSPS) is 21.9. The van der Waals surface area contributed by atoms with Gasteiger partial charge in [0.1, 0.15) is 11.9 Å². The standard InChI is InChI=1S/C10H11FO/c11-10-3-1-2-7-4-5-8(12)6-9(7)10/h4-6,10,12H,1-3H2. The highest BCUT2D eigenvalue weighted by molar-refractivity contribution is 5.37. The van der Waals surface area contributed by atoms with E-state index in [0.29, 0.717) is 12.0 Å². The Morgan fingerprint density at radius 2 is 2.25 bits per heavy atom. The highest BCUT2D eigenvalue weighted by Gasteiger charge is 2.19. The quantitative estimate of drug-likeness (QED) is 0.628. The number of aromatic hydroxyl groups is 1. The number of benzene rings is 1. The monoisotopic (exact) mass is 166 g/mol. The van der Waals surface area contributed by atoms with Crippen LogP contribution < -0.4 is 0 Å². The van der Waals surface area contributed by atoms with Gasteiger partial charge in [-0.2, -0.15) is 0 Å². The number of hydrogen-bond donors (Lipinski definition) is 1. The molecule has 1 aliphatic rings. The van der Waals surface area contributed by atoms with Gasteiger partial charge in [-0.15, -0.1) is 0 Å². The number of halogens is 1. The van der Waals surface area contributed by atoms with E-state index in [1.807, 2.05) is 6.07 Å². The molecule has 1 aliphatic carbocycles. The first-order chi connectivity index (χ1) is 5.77. The first-order valence-electron chi connectivity index (χ1n) is 4.23. The van der Waals surface area contributed by atoms with Crippen molar-refractivity contribution in [2.24, 2.45) is 0 Å². The minimum Gasteiger partial charge on any atom is -0.508 e. The number of fused-ring (bicyclic) bond motifs is 1. The van der Waals surface area contributed by atoms with Crippen molar-refractivity contribution >= 4 is 0 Å². The average Bonchev–Trinajstić information content (AvgIpc) is 2.07. The molecule has 0 aliphatic heterocycles. The Kier molecular flexibility index (Phi) is 1.75. The molecule has 0 saturated heterocycles. The van der Waals surface area contributed by atoms with Crippen LogP contribution in [0.2, 0.25) is 0 Å². The van der Waals surface area contributed by atoms with Crippen molar-refractivity contribution in [2.45, 2.75) is 25.4 Å². The van der Waals surface area contributed by atoms with Gasteiger partial charge in [-0.3, -0.25) is 0 Å². The number of phenols is 1. The summed E-state index contributed by atoms with van der Waals surface area (Å²) in [6, 6.07) is 4.98. The van der Waals surface area contributed by atoms with Gasteiger partial charge in [-0.1, -0.05) is 6.07 Å². The summed E-state index contributed by atoms with van der Waals surface area (Å²) in [5.74, 6) is 0.165. The summed E-state index contributed by atoms with van der Waals surface area (Å²) in [4.78, 5) is 0. The molecule has 1 nitrogen and oxygen atoms in total. The molecule has 0 heterocycles. The molecule has 64 valence electrons. The SMILES string of the molecule is Oc1ccc2c(c1)C(F)CCC2. The van der Waals surface area contributed by atoms with Crippen molar-refractivity contribution in [3.8, 4) is 5.75 Å². The zero-order valence-corrected chi connectivity index (χ0v) is 6.76. The smallest absolute Gasteiger partial charge is 0.126 e. The van der Waals surface area contributed by atoms with Gasteiger partial charge in [0.05, 0.1) is 0 Å². The van der Waals surface area contributed by atoms with Crippen LogP contribution in [0.1, 0.15) is 30.1 Å². The molecule has 0 bridgehead atoms. The molecule has 0 radical (unpaired) electrons. The van der Waals surface area contributed by atoms with Gasteiger partial charge in [0.15, 0.2) is 0 Å². The third-order valence-electron chi connectivity index (χ3n) is 2.37. The molecule has 1 unspecified atom stereocenters. The fourth-order valence-corrected chi connectivity index (χ4v) is 1.73. The lowest BCUT2D eigenvalue weighted by molar-refractivity contribution is 0.301. The average molecular weight is 166 g/mol. The van der Waals surface area contributed by atoms with E-state index >= 15 is 0 Å². The summed E-state index contributed by atoms with van der Waals surface area (Å²) in [6.07, 6.45) is 1.58. The third kappa shape index (κ3) is 1.17. The van der Waals surface area contributed by atoms with E-state index < -0.39 is 6.17 Å². The summed E-state index contributed by atoms with van der Waals surface area (Å²) < 4.78 is 13.2. The van der Waals surface area contributed by atoms with Crippen molar-refractivity contribution in [1.29, 1.82) is 0 Å². The molecule has 2 heteroatoms. The van der Waals surface area contributed by atoms with Crippen LogP contribution in [-0.4, -0.2) is 5.11 Å². The van der Waals surface area contributed by atoms with Crippen LogP contribution in [0.25, 0.3) is 0 Å². The number of alkyl halides is 1. The van der Waals surface area contributed by atoms with Gasteiger partial charge in [-0.25, -0.2) is 4.39 Å². The van der Waals surface area contributed by atoms with Gasteiger partial charge >= 0.3 is 0 Å². The first-order valence-corrected chi connectivity index (χ1v) is 4.23. The van der Waals surface area contributed by atoms with Crippen LogP contribution in [0.5, 0.6) is 5.75 Å². The van der Waals surface area contributed by atoms with Gasteiger partial charge in [0.2, 0.25) is 0 Å². The van der Waals surface area contributed by atoms with Gasteiger partial charge < -0.3 is 5.11 Å². The third-order valence-corrected chi connectivity index (χ3v) is 2.37. The molecule has 0 fully saturated rings. The second-order valence-corrected chi connectivity index (χ2v) is 3.24. The maximum atomic E-state index is 13.2. The van der Waals surface area contributed by atoms with Crippen LogP contribution in [0, 0.1) is 0 Å². The molecule has 0 amide bonds. The van der Waals surface area contributed by atoms with E-state index in [1.165, 1.54) is 0 Å². The fraction of sp³-hybridized carbons (Fsp3) is 0.400. The van der Waals surface area contributed by atoms with E-state index in [1.54, 1.807) is 12.1 Å². The predicted octanol–water partition coefficient (Wildman–Crippen LogP) is 2.74. The van der Waals surface area contributed by atoms with Crippen LogP contribution in [0.3, 0.4) is 0 Å². The summed E-state index contributed by atoms with van der Waals surface area (Å²) in [5, 5.41) is 9.14. The van der Waals surface area contributed by atoms with Gasteiger partial charge in [0.25, 0.3) is 0 Å². The Morgan fingerprint density at radius 1 is 1.42 bits per heavy atom. The molecule has 1 aromatic carbocycles. The Balaban J connectivity index is 2.47. The maximum absolute atomic E-state index is 13.2. The van der Waals surface area contributed by atoms with Crippen molar-refractivity contribution in [1.82, 2.24) is 0 Å². The number of rotatable bonds is 0. The summed E-state index contributed by atoms with van der Waals surface area (Å²) in [7, 11) is 0. The zero-order valence-electron chi connectivity index (χ0n) is 6.76. The Morgan fingerprint density at radius 3 is 3.08 bits per heavy atom. The van der Waals surface area contributed by atoms with Gasteiger partial charge in [-0.05, 0) is 42.5 Å². The maximum Gasteiger partial charge on any atom is 0.126 e. The number of aryl methyl sites for hydroxylation is 1. The van der Waals surface area contributed by atoms with E-state index in [0.717, 1.165) is 18.4 Å². The van der Waals surface area contributed by atoms with Crippen molar-refractivity contribution in [2.75, 3.05) is 0 Å².